The Morgan fingerprint density at radius 2 is 2.15 bits per heavy atom. The van der Waals surface area contributed by atoms with Crippen molar-refractivity contribution in [1.29, 1.82) is 0 Å². The molecule has 72 valence electrons. The first kappa shape index (κ1) is 10.1. The molecule has 0 atom stereocenters. The molecule has 0 fully saturated rings. The van der Waals surface area contributed by atoms with Crippen LogP contribution in [0.4, 0.5) is 0 Å². The van der Waals surface area contributed by atoms with Crippen LogP contribution in [0.5, 0.6) is 5.75 Å². The molecule has 0 unspecified atom stereocenters. The molecule has 0 aliphatic rings. The highest BCUT2D eigenvalue weighted by Gasteiger charge is 1.99. The summed E-state index contributed by atoms with van der Waals surface area (Å²) in [7, 11) is 0. The van der Waals surface area contributed by atoms with Gasteiger partial charge in [-0.25, -0.2) is 0 Å². The number of aliphatic hydroxyl groups is 1. The van der Waals surface area contributed by atoms with Gasteiger partial charge >= 0.3 is 0 Å². The standard InChI is InChI=1S/C11H16O2/c1-3-13-11-5-4-10(6-7-12)9(2)8-11/h4-5,8,12H,3,6-7H2,1-2H3. The first-order valence-corrected chi connectivity index (χ1v) is 4.61. The third-order valence-corrected chi connectivity index (χ3v) is 2.01. The van der Waals surface area contributed by atoms with E-state index in [0.29, 0.717) is 6.61 Å². The SMILES string of the molecule is CCOc1ccc(CCO)c(C)c1. The average Bonchev–Trinajstić information content (AvgIpc) is 2.10. The van der Waals surface area contributed by atoms with E-state index in [4.69, 9.17) is 9.84 Å². The topological polar surface area (TPSA) is 29.5 Å². The number of ether oxygens (including phenoxy) is 1. The lowest BCUT2D eigenvalue weighted by Gasteiger charge is -2.07. The van der Waals surface area contributed by atoms with Crippen LogP contribution in [0.2, 0.25) is 0 Å². The Morgan fingerprint density at radius 1 is 1.38 bits per heavy atom. The molecule has 0 spiro atoms. The van der Waals surface area contributed by atoms with Gasteiger partial charge in [0.15, 0.2) is 0 Å². The molecular formula is C11H16O2. The van der Waals surface area contributed by atoms with E-state index < -0.39 is 0 Å². The van der Waals surface area contributed by atoms with E-state index in [1.54, 1.807) is 0 Å². The zero-order valence-electron chi connectivity index (χ0n) is 8.21. The molecule has 0 saturated carbocycles. The number of aryl methyl sites for hydroxylation is 1. The van der Waals surface area contributed by atoms with Crippen LogP contribution in [0, 0.1) is 6.92 Å². The number of benzene rings is 1. The van der Waals surface area contributed by atoms with Crippen LogP contribution in [0.15, 0.2) is 18.2 Å². The number of hydrogen-bond acceptors (Lipinski definition) is 2. The summed E-state index contributed by atoms with van der Waals surface area (Å²) < 4.78 is 5.36. The van der Waals surface area contributed by atoms with Crippen molar-refractivity contribution in [1.82, 2.24) is 0 Å². The van der Waals surface area contributed by atoms with Crippen molar-refractivity contribution < 1.29 is 9.84 Å². The van der Waals surface area contributed by atoms with Gasteiger partial charge in [-0.2, -0.15) is 0 Å². The van der Waals surface area contributed by atoms with Gasteiger partial charge in [0.2, 0.25) is 0 Å². The molecule has 1 aromatic rings. The number of hydrogen-bond donors (Lipinski definition) is 1. The molecule has 0 bridgehead atoms. The summed E-state index contributed by atoms with van der Waals surface area (Å²) >= 11 is 0. The quantitative estimate of drug-likeness (QED) is 0.767. The van der Waals surface area contributed by atoms with Gasteiger partial charge in [-0.3, -0.25) is 0 Å². The van der Waals surface area contributed by atoms with Crippen LogP contribution in [0.25, 0.3) is 0 Å². The van der Waals surface area contributed by atoms with E-state index in [1.165, 1.54) is 11.1 Å². The van der Waals surface area contributed by atoms with Gasteiger partial charge in [0.1, 0.15) is 5.75 Å². The molecular weight excluding hydrogens is 164 g/mol. The van der Waals surface area contributed by atoms with Crippen LogP contribution in [0.3, 0.4) is 0 Å². The summed E-state index contributed by atoms with van der Waals surface area (Å²) in [6.45, 7) is 4.90. The molecule has 0 aliphatic carbocycles. The third kappa shape index (κ3) is 2.74. The largest absolute Gasteiger partial charge is 0.494 e. The van der Waals surface area contributed by atoms with Crippen molar-refractivity contribution in [3.63, 3.8) is 0 Å². The second kappa shape index (κ2) is 4.87. The maximum atomic E-state index is 8.79. The lowest BCUT2D eigenvalue weighted by molar-refractivity contribution is 0.299. The molecule has 2 nitrogen and oxygen atoms in total. The summed E-state index contributed by atoms with van der Waals surface area (Å²) in [6, 6.07) is 5.96. The minimum absolute atomic E-state index is 0.203. The number of rotatable bonds is 4. The van der Waals surface area contributed by atoms with Crippen molar-refractivity contribution in [2.75, 3.05) is 13.2 Å². The lowest BCUT2D eigenvalue weighted by atomic mass is 10.1. The van der Waals surface area contributed by atoms with Gasteiger partial charge < -0.3 is 9.84 Å². The molecule has 1 aromatic carbocycles. The van der Waals surface area contributed by atoms with Crippen molar-refractivity contribution in [3.8, 4) is 5.75 Å². The summed E-state index contributed by atoms with van der Waals surface area (Å²) in [5, 5.41) is 8.79. The monoisotopic (exact) mass is 180 g/mol. The zero-order valence-corrected chi connectivity index (χ0v) is 8.21. The molecule has 2 heteroatoms. The zero-order chi connectivity index (χ0) is 9.68. The highest BCUT2D eigenvalue weighted by Crippen LogP contribution is 2.17. The highest BCUT2D eigenvalue weighted by atomic mass is 16.5. The Bertz CT molecular complexity index is 269. The predicted octanol–water partition coefficient (Wildman–Crippen LogP) is 1.93. The van der Waals surface area contributed by atoms with Crippen LogP contribution in [-0.2, 0) is 6.42 Å². The Kier molecular flexibility index (Phi) is 3.77. The summed E-state index contributed by atoms with van der Waals surface area (Å²) in [5.41, 5.74) is 2.37. The fourth-order valence-electron chi connectivity index (χ4n) is 1.33. The van der Waals surface area contributed by atoms with E-state index in [0.717, 1.165) is 12.2 Å². The molecule has 13 heavy (non-hydrogen) atoms. The first-order valence-electron chi connectivity index (χ1n) is 4.61. The second-order valence-corrected chi connectivity index (χ2v) is 2.99. The van der Waals surface area contributed by atoms with Gasteiger partial charge in [0.25, 0.3) is 0 Å². The minimum Gasteiger partial charge on any atom is -0.494 e. The minimum atomic E-state index is 0.203. The van der Waals surface area contributed by atoms with Crippen molar-refractivity contribution in [3.05, 3.63) is 29.3 Å². The molecule has 0 radical (unpaired) electrons. The van der Waals surface area contributed by atoms with E-state index in [9.17, 15) is 0 Å². The van der Waals surface area contributed by atoms with E-state index >= 15 is 0 Å². The highest BCUT2D eigenvalue weighted by molar-refractivity contribution is 5.34. The van der Waals surface area contributed by atoms with Crippen LogP contribution in [0.1, 0.15) is 18.1 Å². The van der Waals surface area contributed by atoms with Crippen LogP contribution in [-0.4, -0.2) is 18.3 Å². The van der Waals surface area contributed by atoms with E-state index in [-0.39, 0.29) is 6.61 Å². The fraction of sp³-hybridized carbons (Fsp3) is 0.455. The molecule has 0 heterocycles. The second-order valence-electron chi connectivity index (χ2n) is 2.99. The predicted molar refractivity (Wildman–Crippen MR) is 53.1 cm³/mol. The van der Waals surface area contributed by atoms with Gasteiger partial charge in [0.05, 0.1) is 6.61 Å². The van der Waals surface area contributed by atoms with Gasteiger partial charge in [-0.1, -0.05) is 6.07 Å². The average molecular weight is 180 g/mol. The smallest absolute Gasteiger partial charge is 0.119 e. The molecule has 0 amide bonds. The molecule has 0 aliphatic heterocycles. The van der Waals surface area contributed by atoms with E-state index in [2.05, 4.69) is 0 Å². The van der Waals surface area contributed by atoms with Gasteiger partial charge in [0, 0.05) is 6.61 Å². The Balaban J connectivity index is 2.79. The lowest BCUT2D eigenvalue weighted by Crippen LogP contribution is -1.96. The fourth-order valence-corrected chi connectivity index (χ4v) is 1.33. The summed E-state index contributed by atoms with van der Waals surface area (Å²) in [5.74, 6) is 0.904. The first-order chi connectivity index (χ1) is 6.27. The van der Waals surface area contributed by atoms with Gasteiger partial charge in [-0.05, 0) is 43.5 Å². The molecule has 0 aromatic heterocycles. The maximum absolute atomic E-state index is 8.79. The van der Waals surface area contributed by atoms with Crippen molar-refractivity contribution >= 4 is 0 Å². The normalized spacial score (nSPS) is 10.1. The van der Waals surface area contributed by atoms with Crippen LogP contribution >= 0.6 is 0 Å². The Labute approximate surface area is 79.2 Å². The third-order valence-electron chi connectivity index (χ3n) is 2.01. The van der Waals surface area contributed by atoms with Crippen LogP contribution < -0.4 is 4.74 Å². The summed E-state index contributed by atoms with van der Waals surface area (Å²) in [6.07, 6.45) is 0.720. The van der Waals surface area contributed by atoms with Crippen molar-refractivity contribution in [2.24, 2.45) is 0 Å². The molecule has 1 N–H and O–H groups in total. The number of aliphatic hydroxyl groups excluding tert-OH is 1. The van der Waals surface area contributed by atoms with Crippen molar-refractivity contribution in [2.45, 2.75) is 20.3 Å². The summed E-state index contributed by atoms with van der Waals surface area (Å²) in [4.78, 5) is 0. The maximum Gasteiger partial charge on any atom is 0.119 e. The Morgan fingerprint density at radius 3 is 2.69 bits per heavy atom. The van der Waals surface area contributed by atoms with Gasteiger partial charge in [-0.15, -0.1) is 0 Å². The molecule has 1 rings (SSSR count). The Hall–Kier alpha value is -1.02. The van der Waals surface area contributed by atoms with E-state index in [1.807, 2.05) is 32.0 Å². The molecule has 0 saturated heterocycles.